The number of hydrogen-bond donors (Lipinski definition) is 0. The third-order valence-electron chi connectivity index (χ3n) is 4.60. The van der Waals surface area contributed by atoms with Crippen LogP contribution >= 0.6 is 0 Å². The fourth-order valence-electron chi connectivity index (χ4n) is 3.01. The van der Waals surface area contributed by atoms with E-state index in [0.717, 1.165) is 42.8 Å². The Labute approximate surface area is 146 Å². The van der Waals surface area contributed by atoms with E-state index in [2.05, 4.69) is 52.8 Å². The van der Waals surface area contributed by atoms with Crippen molar-refractivity contribution < 1.29 is 4.42 Å². The molecule has 3 aromatic heterocycles. The second kappa shape index (κ2) is 5.80. The van der Waals surface area contributed by atoms with E-state index in [9.17, 15) is 0 Å². The van der Waals surface area contributed by atoms with Crippen LogP contribution in [0.15, 0.2) is 29.0 Å². The summed E-state index contributed by atoms with van der Waals surface area (Å²) in [4.78, 5) is 8.71. The number of oxazole rings is 1. The summed E-state index contributed by atoms with van der Waals surface area (Å²) < 4.78 is 7.18. The summed E-state index contributed by atoms with van der Waals surface area (Å²) in [5.41, 5.74) is 0.686. The van der Waals surface area contributed by atoms with Crippen LogP contribution in [0, 0.1) is 0 Å². The molecule has 8 nitrogen and oxygen atoms in total. The molecule has 1 fully saturated rings. The van der Waals surface area contributed by atoms with E-state index in [0.29, 0.717) is 6.04 Å². The molecule has 0 N–H and O–H groups in total. The van der Waals surface area contributed by atoms with Gasteiger partial charge in [0.1, 0.15) is 12.1 Å². The van der Waals surface area contributed by atoms with Gasteiger partial charge < -0.3 is 9.32 Å². The fraction of sp³-hybridized carbons (Fsp3) is 0.529. The number of nitrogens with zero attached hydrogens (tertiary/aromatic N) is 7. The van der Waals surface area contributed by atoms with E-state index in [1.807, 2.05) is 16.6 Å². The average molecular weight is 341 g/mol. The number of likely N-dealkylation sites (N-methyl/N-ethyl adjacent to an activating group) is 1. The van der Waals surface area contributed by atoms with Crippen molar-refractivity contribution in [3.05, 3.63) is 36.3 Å². The summed E-state index contributed by atoms with van der Waals surface area (Å²) in [7, 11) is 2.10. The highest BCUT2D eigenvalue weighted by Crippen LogP contribution is 2.25. The summed E-state index contributed by atoms with van der Waals surface area (Å²) >= 11 is 0. The minimum Gasteiger partial charge on any atom is -0.448 e. The monoisotopic (exact) mass is 341 g/mol. The lowest BCUT2D eigenvalue weighted by atomic mass is 9.96. The number of rotatable bonds is 4. The van der Waals surface area contributed by atoms with Gasteiger partial charge in [-0.3, -0.25) is 4.90 Å². The van der Waals surface area contributed by atoms with Gasteiger partial charge in [-0.1, -0.05) is 20.8 Å². The van der Waals surface area contributed by atoms with E-state index in [1.54, 1.807) is 12.5 Å². The Morgan fingerprint density at radius 2 is 2.04 bits per heavy atom. The van der Waals surface area contributed by atoms with Crippen LogP contribution in [0.25, 0.3) is 5.65 Å². The van der Waals surface area contributed by atoms with E-state index < -0.39 is 0 Å². The highest BCUT2D eigenvalue weighted by Gasteiger charge is 2.32. The van der Waals surface area contributed by atoms with Crippen LogP contribution in [0.4, 0.5) is 5.82 Å². The van der Waals surface area contributed by atoms with Gasteiger partial charge in [-0.05, 0) is 19.2 Å². The summed E-state index contributed by atoms with van der Waals surface area (Å²) in [6.45, 7) is 8.95. The first-order chi connectivity index (χ1) is 11.9. The van der Waals surface area contributed by atoms with Gasteiger partial charge in [0.15, 0.2) is 11.5 Å². The molecular formula is C17H23N7O. The highest BCUT2D eigenvalue weighted by molar-refractivity contribution is 5.48. The number of aromatic nitrogens is 5. The van der Waals surface area contributed by atoms with Gasteiger partial charge in [-0.2, -0.15) is 4.52 Å². The third-order valence-corrected chi connectivity index (χ3v) is 4.60. The lowest BCUT2D eigenvalue weighted by molar-refractivity contribution is 0.180. The molecule has 0 unspecified atom stereocenters. The summed E-state index contributed by atoms with van der Waals surface area (Å²) in [5.74, 6) is 2.58. The molecule has 0 amide bonds. The van der Waals surface area contributed by atoms with Crippen LogP contribution in [-0.4, -0.2) is 55.9 Å². The van der Waals surface area contributed by atoms with Crippen molar-refractivity contribution in [3.8, 4) is 0 Å². The quantitative estimate of drug-likeness (QED) is 0.715. The molecule has 3 aromatic rings. The normalized spacial score (nSPS) is 16.0. The molecule has 0 aromatic carbocycles. The van der Waals surface area contributed by atoms with Crippen LogP contribution in [0.1, 0.15) is 32.5 Å². The standard InChI is InChI=1S/C17H23N7O/c1-17(2,3)16-20-19-13-5-6-14(21-24(13)16)23-9-12(10-23)22(4)11-15-18-7-8-25-15/h5-8,12H,9-11H2,1-4H3. The smallest absolute Gasteiger partial charge is 0.208 e. The number of fused-ring (bicyclic) bond motifs is 1. The SMILES string of the molecule is CN(Cc1ncco1)C1CN(c2ccc3nnc(C(C)(C)C)n3n2)C1. The van der Waals surface area contributed by atoms with Crippen molar-refractivity contribution in [3.63, 3.8) is 0 Å². The van der Waals surface area contributed by atoms with Gasteiger partial charge in [-0.25, -0.2) is 4.98 Å². The molecular weight excluding hydrogens is 318 g/mol. The third kappa shape index (κ3) is 2.97. The van der Waals surface area contributed by atoms with E-state index >= 15 is 0 Å². The largest absolute Gasteiger partial charge is 0.448 e. The van der Waals surface area contributed by atoms with Crippen molar-refractivity contribution in [2.75, 3.05) is 25.0 Å². The van der Waals surface area contributed by atoms with Gasteiger partial charge in [0.05, 0.1) is 12.7 Å². The molecule has 0 radical (unpaired) electrons. The van der Waals surface area contributed by atoms with E-state index in [4.69, 9.17) is 9.52 Å². The first-order valence-electron chi connectivity index (χ1n) is 8.48. The van der Waals surface area contributed by atoms with Crippen LogP contribution in [0.5, 0.6) is 0 Å². The Kier molecular flexibility index (Phi) is 3.72. The molecule has 8 heteroatoms. The molecule has 25 heavy (non-hydrogen) atoms. The molecule has 1 saturated heterocycles. The minimum atomic E-state index is -0.0984. The highest BCUT2D eigenvalue weighted by atomic mass is 16.3. The second-order valence-corrected chi connectivity index (χ2v) is 7.63. The molecule has 4 rings (SSSR count). The van der Waals surface area contributed by atoms with Crippen molar-refractivity contribution in [2.45, 2.75) is 38.8 Å². The summed E-state index contributed by atoms with van der Waals surface area (Å²) in [6.07, 6.45) is 3.29. The maximum absolute atomic E-state index is 5.32. The first kappa shape index (κ1) is 16.0. The van der Waals surface area contributed by atoms with Gasteiger partial charge >= 0.3 is 0 Å². The van der Waals surface area contributed by atoms with Crippen LogP contribution < -0.4 is 4.90 Å². The Hall–Kier alpha value is -2.48. The van der Waals surface area contributed by atoms with Gasteiger partial charge in [0.25, 0.3) is 0 Å². The molecule has 4 heterocycles. The van der Waals surface area contributed by atoms with Crippen molar-refractivity contribution >= 4 is 11.5 Å². The Balaban J connectivity index is 1.47. The topological polar surface area (TPSA) is 75.6 Å². The predicted octanol–water partition coefficient (Wildman–Crippen LogP) is 1.73. The zero-order chi connectivity index (χ0) is 17.6. The van der Waals surface area contributed by atoms with E-state index in [-0.39, 0.29) is 5.41 Å². The van der Waals surface area contributed by atoms with Crippen molar-refractivity contribution in [1.82, 2.24) is 29.7 Å². The van der Waals surface area contributed by atoms with Crippen LogP contribution in [-0.2, 0) is 12.0 Å². The molecule has 132 valence electrons. The number of hydrogen-bond acceptors (Lipinski definition) is 7. The zero-order valence-corrected chi connectivity index (χ0v) is 15.0. The van der Waals surface area contributed by atoms with Crippen molar-refractivity contribution in [2.24, 2.45) is 0 Å². The molecule has 0 aliphatic carbocycles. The maximum Gasteiger partial charge on any atom is 0.208 e. The van der Waals surface area contributed by atoms with Gasteiger partial charge in [-0.15, -0.1) is 15.3 Å². The van der Waals surface area contributed by atoms with E-state index in [1.165, 1.54) is 0 Å². The lowest BCUT2D eigenvalue weighted by Gasteiger charge is -2.44. The maximum atomic E-state index is 5.32. The fourth-order valence-corrected chi connectivity index (χ4v) is 3.01. The molecule has 1 aliphatic rings. The van der Waals surface area contributed by atoms with Crippen molar-refractivity contribution in [1.29, 1.82) is 0 Å². The molecule has 0 bridgehead atoms. The Morgan fingerprint density at radius 1 is 1.24 bits per heavy atom. The van der Waals surface area contributed by atoms with Gasteiger partial charge in [0.2, 0.25) is 5.89 Å². The Morgan fingerprint density at radius 3 is 2.72 bits per heavy atom. The first-order valence-corrected chi connectivity index (χ1v) is 8.48. The summed E-state index contributed by atoms with van der Waals surface area (Å²) in [5, 5.41) is 13.3. The predicted molar refractivity (Wildman–Crippen MR) is 93.5 cm³/mol. The average Bonchev–Trinajstić information content (AvgIpc) is 3.13. The summed E-state index contributed by atoms with van der Waals surface area (Å²) in [6, 6.07) is 4.46. The molecule has 0 saturated carbocycles. The lowest BCUT2D eigenvalue weighted by Crippen LogP contribution is -2.58. The zero-order valence-electron chi connectivity index (χ0n) is 15.0. The molecule has 1 aliphatic heterocycles. The Bertz CT molecular complexity index is 859. The van der Waals surface area contributed by atoms with Crippen LogP contribution in [0.2, 0.25) is 0 Å². The second-order valence-electron chi connectivity index (χ2n) is 7.63. The van der Waals surface area contributed by atoms with Crippen LogP contribution in [0.3, 0.4) is 0 Å². The van der Waals surface area contributed by atoms with Gasteiger partial charge in [0, 0.05) is 24.5 Å². The number of anilines is 1. The minimum absolute atomic E-state index is 0.0984. The molecule has 0 spiro atoms. The molecule has 0 atom stereocenters.